The van der Waals surface area contributed by atoms with E-state index in [9.17, 15) is 0 Å². The Bertz CT molecular complexity index is 568. The summed E-state index contributed by atoms with van der Waals surface area (Å²) in [6.45, 7) is 0. The number of nitrogens with two attached hydrogens (primary N) is 2. The average molecular weight is 244 g/mol. The van der Waals surface area contributed by atoms with E-state index < -0.39 is 0 Å². The molecule has 0 spiro atoms. The number of rotatable bonds is 3. The summed E-state index contributed by atoms with van der Waals surface area (Å²) in [6, 6.07) is 11.2. The van der Waals surface area contributed by atoms with Crippen molar-refractivity contribution in [3.8, 4) is 22.6 Å². The average Bonchev–Trinajstić information content (AvgIpc) is 2.41. The molecule has 0 aliphatic rings. The molecular formula is C14H16N2O2. The zero-order valence-corrected chi connectivity index (χ0v) is 10.4. The van der Waals surface area contributed by atoms with Crippen LogP contribution in [-0.4, -0.2) is 14.2 Å². The molecule has 0 radical (unpaired) electrons. The van der Waals surface area contributed by atoms with Crippen molar-refractivity contribution in [1.82, 2.24) is 0 Å². The second kappa shape index (κ2) is 4.87. The van der Waals surface area contributed by atoms with Gasteiger partial charge in [-0.3, -0.25) is 0 Å². The van der Waals surface area contributed by atoms with E-state index in [1.165, 1.54) is 0 Å². The summed E-state index contributed by atoms with van der Waals surface area (Å²) in [4.78, 5) is 0. The van der Waals surface area contributed by atoms with E-state index in [1.54, 1.807) is 20.3 Å². The third-order valence-electron chi connectivity index (χ3n) is 2.83. The summed E-state index contributed by atoms with van der Waals surface area (Å²) < 4.78 is 10.5. The lowest BCUT2D eigenvalue weighted by Crippen LogP contribution is -1.97. The summed E-state index contributed by atoms with van der Waals surface area (Å²) in [5.74, 6) is 1.35. The zero-order chi connectivity index (χ0) is 13.1. The number of para-hydroxylation sites is 1. The number of hydrogen-bond acceptors (Lipinski definition) is 4. The molecule has 2 aromatic carbocycles. The molecule has 94 valence electrons. The summed E-state index contributed by atoms with van der Waals surface area (Å²) in [5, 5.41) is 0. The van der Waals surface area contributed by atoms with Crippen molar-refractivity contribution in [3.63, 3.8) is 0 Å². The minimum absolute atomic E-state index is 0.572. The van der Waals surface area contributed by atoms with Crippen LogP contribution in [0.25, 0.3) is 11.1 Å². The Morgan fingerprint density at radius 1 is 0.889 bits per heavy atom. The van der Waals surface area contributed by atoms with E-state index in [-0.39, 0.29) is 0 Å². The van der Waals surface area contributed by atoms with Crippen molar-refractivity contribution in [2.24, 2.45) is 0 Å². The molecule has 0 heterocycles. The topological polar surface area (TPSA) is 70.5 Å². The van der Waals surface area contributed by atoms with E-state index in [2.05, 4.69) is 0 Å². The first-order valence-corrected chi connectivity index (χ1v) is 5.53. The van der Waals surface area contributed by atoms with Gasteiger partial charge in [0.15, 0.2) is 11.5 Å². The fourth-order valence-electron chi connectivity index (χ4n) is 1.84. The van der Waals surface area contributed by atoms with E-state index in [4.69, 9.17) is 20.9 Å². The predicted octanol–water partition coefficient (Wildman–Crippen LogP) is 2.54. The van der Waals surface area contributed by atoms with Gasteiger partial charge in [-0.05, 0) is 23.8 Å². The Labute approximate surface area is 106 Å². The van der Waals surface area contributed by atoms with Gasteiger partial charge in [0, 0.05) is 5.56 Å². The summed E-state index contributed by atoms with van der Waals surface area (Å²) in [6.07, 6.45) is 0. The van der Waals surface area contributed by atoms with Gasteiger partial charge in [-0.1, -0.05) is 18.2 Å². The monoisotopic (exact) mass is 244 g/mol. The first-order chi connectivity index (χ1) is 8.67. The molecule has 0 atom stereocenters. The molecule has 4 N–H and O–H groups in total. The van der Waals surface area contributed by atoms with Gasteiger partial charge in [0.05, 0.1) is 25.6 Å². The maximum absolute atomic E-state index is 5.98. The molecule has 2 rings (SSSR count). The van der Waals surface area contributed by atoms with Crippen LogP contribution in [0.15, 0.2) is 36.4 Å². The number of hydrogen-bond donors (Lipinski definition) is 2. The maximum Gasteiger partial charge on any atom is 0.161 e. The van der Waals surface area contributed by atoms with Gasteiger partial charge in [-0.2, -0.15) is 0 Å². The second-order valence-corrected chi connectivity index (χ2v) is 3.88. The molecule has 2 aromatic rings. The lowest BCUT2D eigenvalue weighted by atomic mass is 10.0. The van der Waals surface area contributed by atoms with Crippen LogP contribution in [0.4, 0.5) is 11.4 Å². The molecule has 0 bridgehead atoms. The molecule has 18 heavy (non-hydrogen) atoms. The van der Waals surface area contributed by atoms with Crippen molar-refractivity contribution in [3.05, 3.63) is 36.4 Å². The van der Waals surface area contributed by atoms with Gasteiger partial charge in [-0.15, -0.1) is 0 Å². The standard InChI is InChI=1S/C14H16N2O2/c1-17-12-7-6-9(8-13(12)18-2)10-4-3-5-11(15)14(10)16/h3-8H,15-16H2,1-2H3. The fraction of sp³-hybridized carbons (Fsp3) is 0.143. The van der Waals surface area contributed by atoms with Gasteiger partial charge < -0.3 is 20.9 Å². The van der Waals surface area contributed by atoms with E-state index >= 15 is 0 Å². The largest absolute Gasteiger partial charge is 0.493 e. The van der Waals surface area contributed by atoms with Crippen molar-refractivity contribution < 1.29 is 9.47 Å². The molecule has 0 saturated carbocycles. The number of nitrogen functional groups attached to an aromatic ring is 2. The first-order valence-electron chi connectivity index (χ1n) is 5.53. The predicted molar refractivity (Wildman–Crippen MR) is 73.8 cm³/mol. The van der Waals surface area contributed by atoms with Crippen LogP contribution in [0.3, 0.4) is 0 Å². The van der Waals surface area contributed by atoms with Crippen molar-refractivity contribution in [2.75, 3.05) is 25.7 Å². The van der Waals surface area contributed by atoms with Crippen LogP contribution < -0.4 is 20.9 Å². The summed E-state index contributed by atoms with van der Waals surface area (Å²) in [5.41, 5.74) is 14.8. The summed E-state index contributed by atoms with van der Waals surface area (Å²) >= 11 is 0. The third kappa shape index (κ3) is 2.05. The van der Waals surface area contributed by atoms with Crippen LogP contribution in [0, 0.1) is 0 Å². The number of ether oxygens (including phenoxy) is 2. The van der Waals surface area contributed by atoms with Crippen LogP contribution in [-0.2, 0) is 0 Å². The molecule has 0 aliphatic heterocycles. The number of methoxy groups -OCH3 is 2. The van der Waals surface area contributed by atoms with Gasteiger partial charge in [-0.25, -0.2) is 0 Å². The minimum atomic E-state index is 0.572. The fourth-order valence-corrected chi connectivity index (χ4v) is 1.84. The third-order valence-corrected chi connectivity index (χ3v) is 2.83. The molecule has 0 aliphatic carbocycles. The van der Waals surface area contributed by atoms with Crippen LogP contribution >= 0.6 is 0 Å². The van der Waals surface area contributed by atoms with Crippen molar-refractivity contribution in [1.29, 1.82) is 0 Å². The normalized spacial score (nSPS) is 10.1. The molecule has 4 heteroatoms. The van der Waals surface area contributed by atoms with E-state index in [0.29, 0.717) is 22.9 Å². The molecule has 0 unspecified atom stereocenters. The summed E-state index contributed by atoms with van der Waals surface area (Å²) in [7, 11) is 3.21. The van der Waals surface area contributed by atoms with Gasteiger partial charge in [0.2, 0.25) is 0 Å². The van der Waals surface area contributed by atoms with Gasteiger partial charge in [0.25, 0.3) is 0 Å². The molecule has 0 fully saturated rings. The van der Waals surface area contributed by atoms with E-state index in [0.717, 1.165) is 11.1 Å². The lowest BCUT2D eigenvalue weighted by Gasteiger charge is -2.12. The molecule has 0 saturated heterocycles. The van der Waals surface area contributed by atoms with Crippen LogP contribution in [0.5, 0.6) is 11.5 Å². The van der Waals surface area contributed by atoms with Gasteiger partial charge in [0.1, 0.15) is 0 Å². The first kappa shape index (κ1) is 12.1. The highest BCUT2D eigenvalue weighted by molar-refractivity contribution is 5.85. The van der Waals surface area contributed by atoms with Crippen molar-refractivity contribution in [2.45, 2.75) is 0 Å². The smallest absolute Gasteiger partial charge is 0.161 e. The second-order valence-electron chi connectivity index (χ2n) is 3.88. The molecule has 4 nitrogen and oxygen atoms in total. The SMILES string of the molecule is COc1ccc(-c2cccc(N)c2N)cc1OC. The highest BCUT2D eigenvalue weighted by Crippen LogP contribution is 2.35. The lowest BCUT2D eigenvalue weighted by molar-refractivity contribution is 0.355. The van der Waals surface area contributed by atoms with Crippen LogP contribution in [0.2, 0.25) is 0 Å². The Morgan fingerprint density at radius 3 is 2.28 bits per heavy atom. The maximum atomic E-state index is 5.98. The van der Waals surface area contributed by atoms with Crippen molar-refractivity contribution >= 4 is 11.4 Å². The van der Waals surface area contributed by atoms with E-state index in [1.807, 2.05) is 30.3 Å². The molecule has 0 amide bonds. The highest BCUT2D eigenvalue weighted by atomic mass is 16.5. The Hall–Kier alpha value is -2.36. The Balaban J connectivity index is 2.54. The molecular weight excluding hydrogens is 228 g/mol. The van der Waals surface area contributed by atoms with Gasteiger partial charge >= 0.3 is 0 Å². The Kier molecular flexibility index (Phi) is 3.28. The Morgan fingerprint density at radius 2 is 1.61 bits per heavy atom. The molecule has 0 aromatic heterocycles. The van der Waals surface area contributed by atoms with Crippen LogP contribution in [0.1, 0.15) is 0 Å². The highest BCUT2D eigenvalue weighted by Gasteiger charge is 2.09. The number of benzene rings is 2. The zero-order valence-electron chi connectivity index (χ0n) is 10.4. The number of anilines is 2. The quantitative estimate of drug-likeness (QED) is 0.814. The minimum Gasteiger partial charge on any atom is -0.493 e.